The summed E-state index contributed by atoms with van der Waals surface area (Å²) < 4.78 is 0.571. The summed E-state index contributed by atoms with van der Waals surface area (Å²) in [5.74, 6) is 3.71. The molecule has 0 aromatic carbocycles. The maximum atomic E-state index is 2.58. The topological polar surface area (TPSA) is 0 Å². The smallest absolute Gasteiger partial charge is 0.0225 e. The molecule has 1 aliphatic carbocycles. The van der Waals surface area contributed by atoms with Gasteiger partial charge in [-0.25, -0.2) is 0 Å². The van der Waals surface area contributed by atoms with Gasteiger partial charge < -0.3 is 0 Å². The van der Waals surface area contributed by atoms with Crippen molar-refractivity contribution >= 4 is 11.8 Å². The lowest BCUT2D eigenvalue weighted by atomic mass is 9.69. The van der Waals surface area contributed by atoms with Crippen LogP contribution in [0.1, 0.15) is 80.1 Å². The van der Waals surface area contributed by atoms with Crippen molar-refractivity contribution in [2.45, 2.75) is 90.1 Å². The Balaban J connectivity index is 1.79. The lowest BCUT2D eigenvalue weighted by Gasteiger charge is -2.37. The Bertz CT molecular complexity index is 366. The summed E-state index contributed by atoms with van der Waals surface area (Å²) in [5.41, 5.74) is 1.64. The maximum absolute atomic E-state index is 2.58. The zero-order valence-electron chi connectivity index (χ0n) is 15.1. The molecule has 21 heavy (non-hydrogen) atoms. The van der Waals surface area contributed by atoms with E-state index in [1.54, 1.807) is 5.57 Å². The Hall–Kier alpha value is 0.0900. The van der Waals surface area contributed by atoms with E-state index in [0.717, 1.165) is 28.9 Å². The number of allylic oxidation sites excluding steroid dienone is 2. The molecule has 4 atom stereocenters. The van der Waals surface area contributed by atoms with Crippen molar-refractivity contribution in [2.24, 2.45) is 23.7 Å². The van der Waals surface area contributed by atoms with Gasteiger partial charge in [0.05, 0.1) is 0 Å². The SMILES string of the molecule is C/C(=C\CC1CC(C)CCC1C(C)C)CCC1SC1(C)C. The first-order chi connectivity index (χ1) is 9.79. The Morgan fingerprint density at radius 3 is 2.52 bits per heavy atom. The maximum Gasteiger partial charge on any atom is 0.0225 e. The third-order valence-corrected chi connectivity index (χ3v) is 7.64. The first kappa shape index (κ1) is 17.4. The molecule has 0 bridgehead atoms. The Labute approximate surface area is 137 Å². The molecule has 0 nitrogen and oxygen atoms in total. The van der Waals surface area contributed by atoms with E-state index in [2.05, 4.69) is 59.4 Å². The van der Waals surface area contributed by atoms with Crippen molar-refractivity contribution in [3.8, 4) is 0 Å². The molecule has 4 unspecified atom stereocenters. The number of hydrogen-bond donors (Lipinski definition) is 0. The van der Waals surface area contributed by atoms with Crippen LogP contribution in [-0.2, 0) is 0 Å². The monoisotopic (exact) mass is 308 g/mol. The molecule has 2 aliphatic rings. The van der Waals surface area contributed by atoms with E-state index in [1.165, 1.54) is 38.5 Å². The quantitative estimate of drug-likeness (QED) is 0.388. The molecule has 0 aromatic rings. The van der Waals surface area contributed by atoms with Gasteiger partial charge in [-0.05, 0) is 76.5 Å². The van der Waals surface area contributed by atoms with Gasteiger partial charge in [0.25, 0.3) is 0 Å². The fourth-order valence-corrected chi connectivity index (χ4v) is 5.24. The molecule has 2 rings (SSSR count). The van der Waals surface area contributed by atoms with Crippen LogP contribution in [0.3, 0.4) is 0 Å². The summed E-state index contributed by atoms with van der Waals surface area (Å²) in [6.07, 6.45) is 11.0. The van der Waals surface area contributed by atoms with Gasteiger partial charge in [-0.3, -0.25) is 0 Å². The van der Waals surface area contributed by atoms with Gasteiger partial charge in [0, 0.05) is 10.00 Å². The van der Waals surface area contributed by atoms with Crippen molar-refractivity contribution in [1.29, 1.82) is 0 Å². The predicted octanol–water partition coefficient (Wildman–Crippen LogP) is 6.71. The molecule has 0 amide bonds. The molecule has 0 N–H and O–H groups in total. The minimum atomic E-state index is 0.571. The van der Waals surface area contributed by atoms with Crippen LogP contribution in [0.25, 0.3) is 0 Å². The molecular weight excluding hydrogens is 272 g/mol. The summed E-state index contributed by atoms with van der Waals surface area (Å²) in [7, 11) is 0. The number of hydrogen-bond acceptors (Lipinski definition) is 1. The predicted molar refractivity (Wildman–Crippen MR) is 97.9 cm³/mol. The van der Waals surface area contributed by atoms with E-state index >= 15 is 0 Å². The summed E-state index contributed by atoms with van der Waals surface area (Å²) in [4.78, 5) is 0. The highest BCUT2D eigenvalue weighted by atomic mass is 32.2. The fraction of sp³-hybridized carbons (Fsp3) is 0.900. The van der Waals surface area contributed by atoms with Crippen molar-refractivity contribution in [1.82, 2.24) is 0 Å². The summed E-state index contributed by atoms with van der Waals surface area (Å²) in [6.45, 7) is 14.4. The fourth-order valence-electron chi connectivity index (χ4n) is 4.22. The molecule has 1 saturated heterocycles. The molecule has 0 radical (unpaired) electrons. The Kier molecular flexibility index (Phi) is 5.91. The Morgan fingerprint density at radius 1 is 1.29 bits per heavy atom. The zero-order valence-corrected chi connectivity index (χ0v) is 15.9. The molecule has 1 heterocycles. The minimum absolute atomic E-state index is 0.571. The largest absolute Gasteiger partial charge is 0.150 e. The number of rotatable bonds is 6. The summed E-state index contributed by atoms with van der Waals surface area (Å²) >= 11 is 2.16. The Morgan fingerprint density at radius 2 is 1.95 bits per heavy atom. The highest BCUT2D eigenvalue weighted by Gasteiger charge is 2.45. The van der Waals surface area contributed by atoms with Gasteiger partial charge in [-0.2, -0.15) is 0 Å². The second-order valence-corrected chi connectivity index (χ2v) is 10.5. The van der Waals surface area contributed by atoms with Crippen LogP contribution in [0.2, 0.25) is 0 Å². The normalized spacial score (nSPS) is 36.0. The molecule has 0 spiro atoms. The molecule has 1 saturated carbocycles. The van der Waals surface area contributed by atoms with Crippen LogP contribution in [0.15, 0.2) is 11.6 Å². The molecule has 1 heteroatoms. The van der Waals surface area contributed by atoms with Gasteiger partial charge in [0.2, 0.25) is 0 Å². The first-order valence-electron chi connectivity index (χ1n) is 9.13. The average Bonchev–Trinajstić information content (AvgIpc) is 3.01. The standard InChI is InChI=1S/C20H36S/c1-14(2)18-11-8-16(4)13-17(18)10-7-15(3)9-12-19-20(5,6)21-19/h7,14,16-19H,8-13H2,1-6H3/b15-7+. The van der Waals surface area contributed by atoms with Gasteiger partial charge in [0.15, 0.2) is 0 Å². The van der Waals surface area contributed by atoms with Crippen LogP contribution in [-0.4, -0.2) is 10.00 Å². The first-order valence-corrected chi connectivity index (χ1v) is 10.0. The highest BCUT2D eigenvalue weighted by Crippen LogP contribution is 2.55. The lowest BCUT2D eigenvalue weighted by molar-refractivity contribution is 0.146. The van der Waals surface area contributed by atoms with E-state index < -0.39 is 0 Å². The molecule has 1 aliphatic heterocycles. The van der Waals surface area contributed by atoms with Crippen molar-refractivity contribution in [3.63, 3.8) is 0 Å². The van der Waals surface area contributed by atoms with Crippen molar-refractivity contribution in [3.05, 3.63) is 11.6 Å². The van der Waals surface area contributed by atoms with Crippen LogP contribution in [0.4, 0.5) is 0 Å². The second-order valence-electron chi connectivity index (χ2n) is 8.62. The van der Waals surface area contributed by atoms with Crippen LogP contribution in [0.5, 0.6) is 0 Å². The minimum Gasteiger partial charge on any atom is -0.150 e. The third kappa shape index (κ3) is 5.05. The number of thioether (sulfide) groups is 1. The average molecular weight is 309 g/mol. The highest BCUT2D eigenvalue weighted by molar-refractivity contribution is 8.08. The lowest BCUT2D eigenvalue weighted by Crippen LogP contribution is -2.27. The zero-order chi connectivity index (χ0) is 15.6. The van der Waals surface area contributed by atoms with Crippen molar-refractivity contribution < 1.29 is 0 Å². The summed E-state index contributed by atoms with van der Waals surface area (Å²) in [5, 5.41) is 0.916. The van der Waals surface area contributed by atoms with Crippen LogP contribution in [0, 0.1) is 23.7 Å². The van der Waals surface area contributed by atoms with E-state index in [0.29, 0.717) is 4.75 Å². The second kappa shape index (κ2) is 7.11. The van der Waals surface area contributed by atoms with E-state index in [-0.39, 0.29) is 0 Å². The van der Waals surface area contributed by atoms with Gasteiger partial charge >= 0.3 is 0 Å². The van der Waals surface area contributed by atoms with Crippen LogP contribution < -0.4 is 0 Å². The van der Waals surface area contributed by atoms with Gasteiger partial charge in [-0.1, -0.05) is 38.8 Å². The third-order valence-electron chi connectivity index (χ3n) is 5.89. The van der Waals surface area contributed by atoms with E-state index in [1.807, 2.05) is 0 Å². The molecular formula is C20H36S. The van der Waals surface area contributed by atoms with Crippen LogP contribution >= 0.6 is 11.8 Å². The van der Waals surface area contributed by atoms with E-state index in [9.17, 15) is 0 Å². The molecule has 0 aromatic heterocycles. The summed E-state index contributed by atoms with van der Waals surface area (Å²) in [6, 6.07) is 0. The van der Waals surface area contributed by atoms with E-state index in [4.69, 9.17) is 0 Å². The van der Waals surface area contributed by atoms with Crippen molar-refractivity contribution in [2.75, 3.05) is 0 Å². The van der Waals surface area contributed by atoms with Gasteiger partial charge in [0.1, 0.15) is 0 Å². The van der Waals surface area contributed by atoms with Gasteiger partial charge in [-0.15, -0.1) is 11.8 Å². The molecule has 122 valence electrons. The molecule has 2 fully saturated rings.